The highest BCUT2D eigenvalue weighted by atomic mass is 16.5. The second-order valence-corrected chi connectivity index (χ2v) is 5.09. The zero-order valence-corrected chi connectivity index (χ0v) is 11.1. The van der Waals surface area contributed by atoms with Gasteiger partial charge < -0.3 is 10.1 Å². The Morgan fingerprint density at radius 3 is 2.71 bits per heavy atom. The first-order valence-electron chi connectivity index (χ1n) is 6.54. The maximum absolute atomic E-state index is 5.60. The van der Waals surface area contributed by atoms with Crippen LogP contribution in [0.2, 0.25) is 0 Å². The largest absolute Gasteiger partial charge is 0.381 e. The quantitative estimate of drug-likeness (QED) is 0.866. The summed E-state index contributed by atoms with van der Waals surface area (Å²) in [5.41, 5.74) is 4.13. The Morgan fingerprint density at radius 1 is 1.29 bits per heavy atom. The molecule has 1 saturated heterocycles. The van der Waals surface area contributed by atoms with Crippen molar-refractivity contribution in [1.82, 2.24) is 5.32 Å². The molecule has 0 aromatic heterocycles. The fourth-order valence-electron chi connectivity index (χ4n) is 2.66. The molecule has 0 aliphatic carbocycles. The van der Waals surface area contributed by atoms with Crippen LogP contribution in [0.25, 0.3) is 0 Å². The molecule has 1 aliphatic heterocycles. The molecule has 0 bridgehead atoms. The highest BCUT2D eigenvalue weighted by molar-refractivity contribution is 5.32. The van der Waals surface area contributed by atoms with Crippen molar-refractivity contribution < 1.29 is 4.74 Å². The second kappa shape index (κ2) is 5.65. The van der Waals surface area contributed by atoms with Crippen molar-refractivity contribution in [3.8, 4) is 0 Å². The fourth-order valence-corrected chi connectivity index (χ4v) is 2.66. The lowest BCUT2D eigenvalue weighted by Crippen LogP contribution is -2.31. The Balaban J connectivity index is 2.18. The van der Waals surface area contributed by atoms with E-state index in [2.05, 4.69) is 44.4 Å². The number of nitrogens with one attached hydrogen (secondary N) is 1. The van der Waals surface area contributed by atoms with Crippen LogP contribution in [0.15, 0.2) is 18.2 Å². The van der Waals surface area contributed by atoms with Crippen LogP contribution in [0.5, 0.6) is 0 Å². The van der Waals surface area contributed by atoms with Gasteiger partial charge in [0.05, 0.1) is 6.61 Å². The summed E-state index contributed by atoms with van der Waals surface area (Å²) in [6.07, 6.45) is 2.45. The molecule has 2 atom stereocenters. The standard InChI is InChI=1S/C15H23NO/c1-11-6-7-13(9-12(11)2)15(16-3)14-5-4-8-17-10-14/h6-7,9,14-16H,4-5,8,10H2,1-3H3. The molecule has 1 aromatic carbocycles. The highest BCUT2D eigenvalue weighted by Crippen LogP contribution is 2.29. The van der Waals surface area contributed by atoms with Gasteiger partial charge in [0.15, 0.2) is 0 Å². The molecule has 0 radical (unpaired) electrons. The predicted molar refractivity (Wildman–Crippen MR) is 71.3 cm³/mol. The first-order chi connectivity index (χ1) is 8.22. The summed E-state index contributed by atoms with van der Waals surface area (Å²) in [6.45, 7) is 6.17. The summed E-state index contributed by atoms with van der Waals surface area (Å²) in [7, 11) is 2.05. The van der Waals surface area contributed by atoms with Crippen LogP contribution in [-0.4, -0.2) is 20.3 Å². The third-order valence-corrected chi connectivity index (χ3v) is 3.87. The van der Waals surface area contributed by atoms with E-state index in [0.29, 0.717) is 12.0 Å². The lowest BCUT2D eigenvalue weighted by Gasteiger charge is -2.30. The van der Waals surface area contributed by atoms with Gasteiger partial charge in [-0.05, 0) is 50.4 Å². The van der Waals surface area contributed by atoms with Crippen LogP contribution in [0, 0.1) is 19.8 Å². The van der Waals surface area contributed by atoms with Crippen LogP contribution in [0.3, 0.4) is 0 Å². The van der Waals surface area contributed by atoms with E-state index >= 15 is 0 Å². The Kier molecular flexibility index (Phi) is 4.19. The summed E-state index contributed by atoms with van der Waals surface area (Å²) in [5.74, 6) is 0.607. The van der Waals surface area contributed by atoms with Crippen molar-refractivity contribution in [2.45, 2.75) is 32.7 Å². The molecule has 2 rings (SSSR count). The number of hydrogen-bond acceptors (Lipinski definition) is 2. The average molecular weight is 233 g/mol. The summed E-state index contributed by atoms with van der Waals surface area (Å²) >= 11 is 0. The molecule has 1 fully saturated rings. The first-order valence-corrected chi connectivity index (χ1v) is 6.54. The van der Waals surface area contributed by atoms with E-state index in [1.54, 1.807) is 0 Å². The molecule has 1 N–H and O–H groups in total. The lowest BCUT2D eigenvalue weighted by atomic mass is 9.87. The number of benzene rings is 1. The van der Waals surface area contributed by atoms with Crippen LogP contribution in [0.1, 0.15) is 35.6 Å². The SMILES string of the molecule is CNC(c1ccc(C)c(C)c1)C1CCCOC1. The maximum Gasteiger partial charge on any atom is 0.0512 e. The Hall–Kier alpha value is -0.860. The van der Waals surface area contributed by atoms with Gasteiger partial charge in [-0.1, -0.05) is 18.2 Å². The van der Waals surface area contributed by atoms with E-state index in [1.807, 2.05) is 0 Å². The smallest absolute Gasteiger partial charge is 0.0512 e. The van der Waals surface area contributed by atoms with Crippen molar-refractivity contribution in [1.29, 1.82) is 0 Å². The minimum atomic E-state index is 0.426. The van der Waals surface area contributed by atoms with Crippen molar-refractivity contribution in [3.63, 3.8) is 0 Å². The molecule has 2 heteroatoms. The zero-order chi connectivity index (χ0) is 12.3. The second-order valence-electron chi connectivity index (χ2n) is 5.09. The van der Waals surface area contributed by atoms with Gasteiger partial charge in [-0.15, -0.1) is 0 Å². The van der Waals surface area contributed by atoms with Gasteiger partial charge in [-0.3, -0.25) is 0 Å². The summed E-state index contributed by atoms with van der Waals surface area (Å²) in [4.78, 5) is 0. The van der Waals surface area contributed by atoms with E-state index < -0.39 is 0 Å². The van der Waals surface area contributed by atoms with Gasteiger partial charge in [-0.25, -0.2) is 0 Å². The molecule has 2 unspecified atom stereocenters. The van der Waals surface area contributed by atoms with Gasteiger partial charge in [0.1, 0.15) is 0 Å². The first kappa shape index (κ1) is 12.6. The molecule has 1 heterocycles. The number of ether oxygens (including phenoxy) is 1. The highest BCUT2D eigenvalue weighted by Gasteiger charge is 2.24. The van der Waals surface area contributed by atoms with Gasteiger partial charge in [-0.2, -0.15) is 0 Å². The van der Waals surface area contributed by atoms with Gasteiger partial charge in [0.25, 0.3) is 0 Å². The van der Waals surface area contributed by atoms with Crippen LogP contribution in [0.4, 0.5) is 0 Å². The molecule has 94 valence electrons. The van der Waals surface area contributed by atoms with E-state index in [-0.39, 0.29) is 0 Å². The molecular weight excluding hydrogens is 210 g/mol. The van der Waals surface area contributed by atoms with E-state index in [4.69, 9.17) is 4.74 Å². The van der Waals surface area contributed by atoms with Crippen LogP contribution in [-0.2, 0) is 4.74 Å². The van der Waals surface area contributed by atoms with E-state index in [0.717, 1.165) is 13.2 Å². The van der Waals surface area contributed by atoms with Gasteiger partial charge in [0, 0.05) is 18.6 Å². The normalized spacial score (nSPS) is 22.4. The molecule has 2 nitrogen and oxygen atoms in total. The Morgan fingerprint density at radius 2 is 2.12 bits per heavy atom. The molecule has 1 aliphatic rings. The lowest BCUT2D eigenvalue weighted by molar-refractivity contribution is 0.0402. The fraction of sp³-hybridized carbons (Fsp3) is 0.600. The van der Waals surface area contributed by atoms with Crippen molar-refractivity contribution in [2.75, 3.05) is 20.3 Å². The summed E-state index contributed by atoms with van der Waals surface area (Å²) < 4.78 is 5.60. The minimum Gasteiger partial charge on any atom is -0.381 e. The van der Waals surface area contributed by atoms with Crippen LogP contribution >= 0.6 is 0 Å². The third kappa shape index (κ3) is 2.88. The molecule has 17 heavy (non-hydrogen) atoms. The summed E-state index contributed by atoms with van der Waals surface area (Å²) in [6, 6.07) is 7.21. The zero-order valence-electron chi connectivity index (χ0n) is 11.1. The van der Waals surface area contributed by atoms with Gasteiger partial charge >= 0.3 is 0 Å². The molecule has 0 amide bonds. The topological polar surface area (TPSA) is 21.3 Å². The number of aryl methyl sites for hydroxylation is 2. The number of rotatable bonds is 3. The maximum atomic E-state index is 5.60. The Labute approximate surface area is 104 Å². The number of hydrogen-bond donors (Lipinski definition) is 1. The minimum absolute atomic E-state index is 0.426. The van der Waals surface area contributed by atoms with Crippen molar-refractivity contribution in [3.05, 3.63) is 34.9 Å². The van der Waals surface area contributed by atoms with Gasteiger partial charge in [0.2, 0.25) is 0 Å². The molecule has 0 spiro atoms. The average Bonchev–Trinajstić information content (AvgIpc) is 2.36. The predicted octanol–water partition coefficient (Wildman–Crippen LogP) is 2.99. The summed E-state index contributed by atoms with van der Waals surface area (Å²) in [5, 5.41) is 3.45. The van der Waals surface area contributed by atoms with E-state index in [1.165, 1.54) is 29.5 Å². The van der Waals surface area contributed by atoms with Crippen LogP contribution < -0.4 is 5.32 Å². The van der Waals surface area contributed by atoms with Crippen molar-refractivity contribution >= 4 is 0 Å². The van der Waals surface area contributed by atoms with E-state index in [9.17, 15) is 0 Å². The molecule has 1 aromatic rings. The van der Waals surface area contributed by atoms with Crippen molar-refractivity contribution in [2.24, 2.45) is 5.92 Å². The third-order valence-electron chi connectivity index (χ3n) is 3.87. The Bertz CT molecular complexity index is 369. The monoisotopic (exact) mass is 233 g/mol. The molecule has 0 saturated carbocycles. The molecular formula is C15H23NO.